The molecule has 2 atom stereocenters. The second-order valence-electron chi connectivity index (χ2n) is 6.30. The first-order valence-corrected chi connectivity index (χ1v) is 6.75. The molecule has 0 aliphatic heterocycles. The van der Waals surface area contributed by atoms with Crippen LogP contribution < -0.4 is 5.32 Å². The minimum Gasteiger partial charge on any atom is -0.313 e. The van der Waals surface area contributed by atoms with Crippen LogP contribution in [0.4, 0.5) is 13.2 Å². The zero-order chi connectivity index (χ0) is 15.6. The largest absolute Gasteiger partial charge is 0.416 e. The van der Waals surface area contributed by atoms with Crippen molar-refractivity contribution in [3.05, 3.63) is 29.6 Å². The second kappa shape index (κ2) is 6.12. The molecule has 0 aliphatic carbocycles. The highest BCUT2D eigenvalue weighted by atomic mass is 19.4. The highest BCUT2D eigenvalue weighted by Crippen LogP contribution is 2.38. The number of alkyl halides is 3. The van der Waals surface area contributed by atoms with Crippen molar-refractivity contribution >= 4 is 0 Å². The van der Waals surface area contributed by atoms with Gasteiger partial charge in [-0.15, -0.1) is 0 Å². The summed E-state index contributed by atoms with van der Waals surface area (Å²) in [5, 5.41) is 2.99. The number of hydrogen-bond acceptors (Lipinski definition) is 2. The minimum absolute atomic E-state index is 0.0513. The van der Waals surface area contributed by atoms with Crippen molar-refractivity contribution in [1.29, 1.82) is 0 Å². The highest BCUT2D eigenvalue weighted by Gasteiger charge is 2.36. The van der Waals surface area contributed by atoms with Crippen LogP contribution in [0.1, 0.15) is 51.3 Å². The van der Waals surface area contributed by atoms with Gasteiger partial charge in [-0.25, -0.2) is 0 Å². The third-order valence-corrected chi connectivity index (χ3v) is 3.95. The van der Waals surface area contributed by atoms with Gasteiger partial charge in [0.2, 0.25) is 0 Å². The Bertz CT molecular complexity index is 435. The molecule has 0 bridgehead atoms. The van der Waals surface area contributed by atoms with Crippen LogP contribution in [-0.4, -0.2) is 12.0 Å². The number of nitrogens with zero attached hydrogens (tertiary/aromatic N) is 1. The second-order valence-corrected chi connectivity index (χ2v) is 6.30. The van der Waals surface area contributed by atoms with E-state index in [0.29, 0.717) is 6.42 Å². The molecule has 0 aliphatic rings. The molecule has 1 rings (SSSR count). The summed E-state index contributed by atoms with van der Waals surface area (Å²) in [6.45, 7) is 8.35. The molecule has 0 spiro atoms. The lowest BCUT2D eigenvalue weighted by Crippen LogP contribution is -2.27. The van der Waals surface area contributed by atoms with Gasteiger partial charge in [-0.2, -0.15) is 13.2 Å². The number of halogens is 3. The van der Waals surface area contributed by atoms with Crippen LogP contribution in [0.25, 0.3) is 0 Å². The fourth-order valence-electron chi connectivity index (χ4n) is 2.05. The van der Waals surface area contributed by atoms with E-state index in [1.165, 1.54) is 12.4 Å². The Kier molecular flexibility index (Phi) is 5.19. The zero-order valence-corrected chi connectivity index (χ0v) is 12.7. The minimum atomic E-state index is -4.35. The van der Waals surface area contributed by atoms with Crippen molar-refractivity contribution in [2.45, 2.75) is 46.3 Å². The van der Waals surface area contributed by atoms with Crippen molar-refractivity contribution in [1.82, 2.24) is 10.3 Å². The van der Waals surface area contributed by atoms with Crippen LogP contribution in [0.3, 0.4) is 0 Å². The van der Waals surface area contributed by atoms with Crippen LogP contribution in [0, 0.1) is 11.3 Å². The predicted octanol–water partition coefficient (Wildman–Crippen LogP) is 4.43. The van der Waals surface area contributed by atoms with Gasteiger partial charge in [0.1, 0.15) is 0 Å². The number of pyridine rings is 1. The molecule has 0 saturated heterocycles. The lowest BCUT2D eigenvalue weighted by molar-refractivity contribution is -0.138. The van der Waals surface area contributed by atoms with E-state index in [-0.39, 0.29) is 22.9 Å². The van der Waals surface area contributed by atoms with Crippen LogP contribution in [-0.2, 0) is 6.18 Å². The van der Waals surface area contributed by atoms with Gasteiger partial charge in [-0.3, -0.25) is 4.98 Å². The topological polar surface area (TPSA) is 24.9 Å². The molecule has 2 unspecified atom stereocenters. The molecule has 1 aromatic heterocycles. The number of hydrogen-bond donors (Lipinski definition) is 1. The van der Waals surface area contributed by atoms with Crippen LogP contribution >= 0.6 is 0 Å². The fourth-order valence-corrected chi connectivity index (χ4v) is 2.05. The van der Waals surface area contributed by atoms with Gasteiger partial charge in [-0.1, -0.05) is 27.7 Å². The van der Waals surface area contributed by atoms with Gasteiger partial charge in [0.15, 0.2) is 0 Å². The normalized spacial score (nSPS) is 16.0. The number of nitrogens with one attached hydrogen (secondary N) is 1. The molecule has 0 radical (unpaired) electrons. The molecule has 0 aromatic carbocycles. The van der Waals surface area contributed by atoms with Gasteiger partial charge in [0.05, 0.1) is 5.56 Å². The molecule has 0 fully saturated rings. The van der Waals surface area contributed by atoms with Crippen LogP contribution in [0.15, 0.2) is 18.5 Å². The Hall–Kier alpha value is -1.10. The Morgan fingerprint density at radius 3 is 2.30 bits per heavy atom. The van der Waals surface area contributed by atoms with E-state index in [2.05, 4.69) is 38.0 Å². The van der Waals surface area contributed by atoms with E-state index in [0.717, 1.165) is 6.07 Å². The Labute approximate surface area is 118 Å². The molecule has 0 amide bonds. The lowest BCUT2D eigenvalue weighted by atomic mass is 9.77. The van der Waals surface area contributed by atoms with Gasteiger partial charge >= 0.3 is 6.18 Å². The van der Waals surface area contributed by atoms with E-state index in [4.69, 9.17) is 0 Å². The van der Waals surface area contributed by atoms with Gasteiger partial charge in [-0.05, 0) is 36.4 Å². The van der Waals surface area contributed by atoms with Gasteiger partial charge in [0, 0.05) is 18.4 Å². The molecule has 0 saturated carbocycles. The van der Waals surface area contributed by atoms with E-state index in [1.54, 1.807) is 7.05 Å². The summed E-state index contributed by atoms with van der Waals surface area (Å²) in [5.74, 6) is 0.279. The fraction of sp³-hybridized carbons (Fsp3) is 0.667. The smallest absolute Gasteiger partial charge is 0.313 e. The molecule has 1 heterocycles. The van der Waals surface area contributed by atoms with Crippen molar-refractivity contribution in [2.24, 2.45) is 11.3 Å². The van der Waals surface area contributed by atoms with Crippen molar-refractivity contribution in [3.63, 3.8) is 0 Å². The van der Waals surface area contributed by atoms with Gasteiger partial charge in [0.25, 0.3) is 0 Å². The summed E-state index contributed by atoms with van der Waals surface area (Å²) in [4.78, 5) is 3.86. The third-order valence-electron chi connectivity index (χ3n) is 3.95. The average Bonchev–Trinajstić information content (AvgIpc) is 2.33. The molecular weight excluding hydrogens is 265 g/mol. The van der Waals surface area contributed by atoms with Crippen LogP contribution in [0.5, 0.6) is 0 Å². The highest BCUT2D eigenvalue weighted by molar-refractivity contribution is 5.29. The third kappa shape index (κ3) is 4.20. The van der Waals surface area contributed by atoms with E-state index in [9.17, 15) is 13.2 Å². The van der Waals surface area contributed by atoms with Crippen molar-refractivity contribution in [2.75, 3.05) is 7.05 Å². The first-order valence-electron chi connectivity index (χ1n) is 6.75. The van der Waals surface area contributed by atoms with Crippen molar-refractivity contribution in [3.8, 4) is 0 Å². The SMILES string of the molecule is CNC(CC(C)C(C)(C)C)c1cnccc1C(F)(F)F. The summed E-state index contributed by atoms with van der Waals surface area (Å²) >= 11 is 0. The summed E-state index contributed by atoms with van der Waals surface area (Å²) in [5.41, 5.74) is -0.332. The molecule has 1 aromatic rings. The Morgan fingerprint density at radius 1 is 1.25 bits per heavy atom. The first kappa shape index (κ1) is 17.0. The molecule has 5 heteroatoms. The maximum Gasteiger partial charge on any atom is 0.416 e. The Balaban J connectivity index is 3.08. The van der Waals surface area contributed by atoms with Crippen molar-refractivity contribution < 1.29 is 13.2 Å². The molecule has 20 heavy (non-hydrogen) atoms. The maximum atomic E-state index is 13.1. The monoisotopic (exact) mass is 288 g/mol. The first-order chi connectivity index (χ1) is 9.07. The maximum absolute atomic E-state index is 13.1. The van der Waals surface area contributed by atoms with Crippen LogP contribution in [0.2, 0.25) is 0 Å². The summed E-state index contributed by atoms with van der Waals surface area (Å²) < 4.78 is 39.2. The standard InChI is InChI=1S/C15H23F3N2/c1-10(14(2,3)4)8-13(19-5)11-9-20-7-6-12(11)15(16,17)18/h6-7,9-10,13,19H,8H2,1-5H3. The van der Waals surface area contributed by atoms with E-state index >= 15 is 0 Å². The molecule has 114 valence electrons. The average molecular weight is 288 g/mol. The quantitative estimate of drug-likeness (QED) is 0.886. The summed E-state index contributed by atoms with van der Waals surface area (Å²) in [6, 6.07) is 0.691. The van der Waals surface area contributed by atoms with E-state index in [1.807, 2.05) is 0 Å². The molecule has 1 N–H and O–H groups in total. The lowest BCUT2D eigenvalue weighted by Gasteiger charge is -2.31. The Morgan fingerprint density at radius 2 is 1.85 bits per heavy atom. The predicted molar refractivity (Wildman–Crippen MR) is 74.3 cm³/mol. The zero-order valence-electron chi connectivity index (χ0n) is 12.7. The van der Waals surface area contributed by atoms with Gasteiger partial charge < -0.3 is 5.32 Å². The number of rotatable bonds is 4. The van der Waals surface area contributed by atoms with E-state index < -0.39 is 11.7 Å². The summed E-state index contributed by atoms with van der Waals surface area (Å²) in [6.07, 6.45) is -1.21. The molecule has 2 nitrogen and oxygen atoms in total. The number of aromatic nitrogens is 1. The molecular formula is C15H23F3N2. The summed E-state index contributed by atoms with van der Waals surface area (Å²) in [7, 11) is 1.69.